The van der Waals surface area contributed by atoms with Crippen molar-refractivity contribution in [3.05, 3.63) is 54.1 Å². The molecule has 9 heteroatoms. The van der Waals surface area contributed by atoms with Crippen molar-refractivity contribution in [2.45, 2.75) is 0 Å². The van der Waals surface area contributed by atoms with E-state index >= 15 is 0 Å². The van der Waals surface area contributed by atoms with E-state index < -0.39 is 0 Å². The maximum absolute atomic E-state index is 8.74. The summed E-state index contributed by atoms with van der Waals surface area (Å²) < 4.78 is 1.94. The number of aliphatic imine (C=N–C) groups is 1. The lowest BCUT2D eigenvalue weighted by Gasteiger charge is -2.19. The number of para-hydroxylation sites is 2. The Labute approximate surface area is 175 Å². The number of hydrogen-bond acceptors (Lipinski definition) is 1. The number of rotatable bonds is 1. The highest BCUT2D eigenvalue weighted by atomic mass is 15.2. The van der Waals surface area contributed by atoms with Gasteiger partial charge in [-0.1, -0.05) is 47.3 Å². The van der Waals surface area contributed by atoms with Crippen molar-refractivity contribution >= 4 is 100 Å². The van der Waals surface area contributed by atoms with Gasteiger partial charge in [0, 0.05) is 16.3 Å². The van der Waals surface area contributed by atoms with Crippen LogP contribution >= 0.6 is 0 Å². The third-order valence-corrected chi connectivity index (χ3v) is 6.27. The van der Waals surface area contributed by atoms with Crippen LogP contribution in [0.1, 0.15) is 5.56 Å². The molecule has 1 aromatic heterocycles. The molecule has 0 fully saturated rings. The Bertz CT molecular complexity index is 1260. The molecular formula is C20H21B5N4. The molecule has 0 aliphatic heterocycles. The van der Waals surface area contributed by atoms with Crippen molar-refractivity contribution < 1.29 is 0 Å². The maximum Gasteiger partial charge on any atom is 0.207 e. The lowest BCUT2D eigenvalue weighted by Crippen LogP contribution is -2.57. The van der Waals surface area contributed by atoms with Crippen molar-refractivity contribution in [1.29, 1.82) is 5.41 Å². The van der Waals surface area contributed by atoms with Gasteiger partial charge in [-0.2, -0.15) is 4.99 Å². The summed E-state index contributed by atoms with van der Waals surface area (Å²) in [4.78, 5) is 4.56. The zero-order chi connectivity index (χ0) is 20.9. The average Bonchev–Trinajstić information content (AvgIpc) is 3.05. The summed E-state index contributed by atoms with van der Waals surface area (Å²) >= 11 is 0. The Hall–Kier alpha value is -3.08. The van der Waals surface area contributed by atoms with Crippen molar-refractivity contribution in [2.24, 2.45) is 10.7 Å². The summed E-state index contributed by atoms with van der Waals surface area (Å²) in [6, 6.07) is 16.3. The molecule has 0 amide bonds. The molecule has 0 aliphatic rings. The summed E-state index contributed by atoms with van der Waals surface area (Å²) in [5.74, 6) is 0.507. The lowest BCUT2D eigenvalue weighted by atomic mass is 9.60. The Kier molecular flexibility index (Phi) is 4.69. The van der Waals surface area contributed by atoms with Gasteiger partial charge < -0.3 is 5.73 Å². The summed E-state index contributed by atoms with van der Waals surface area (Å²) in [5, 5.41) is 11.0. The Morgan fingerprint density at radius 3 is 1.62 bits per heavy atom. The number of nitrogens with one attached hydrogen (secondary N) is 1. The third kappa shape index (κ3) is 2.92. The largest absolute Gasteiger partial charge is 0.369 e. The number of benzene rings is 3. The maximum atomic E-state index is 8.74. The molecule has 0 unspecified atom stereocenters. The Balaban J connectivity index is 1.92. The third-order valence-electron chi connectivity index (χ3n) is 6.27. The normalized spacial score (nSPS) is 11.9. The standard InChI is InChI=1S/C20H21B5N4/c21-14-13(15(22)17(24)18(25)16(14)23)19(26)28-20(27)29-11-7-3-1-5-9(11)10-6-2-4-8-12(10)29/h1-8H,21-25H2,(H3,26,27,28). The average molecular weight is 371 g/mol. The van der Waals surface area contributed by atoms with E-state index in [1.54, 1.807) is 0 Å². The van der Waals surface area contributed by atoms with Gasteiger partial charge in [0.1, 0.15) is 39.2 Å². The van der Waals surface area contributed by atoms with Gasteiger partial charge in [-0.25, -0.2) is 0 Å². The highest BCUT2D eigenvalue weighted by Crippen LogP contribution is 2.28. The van der Waals surface area contributed by atoms with Crippen LogP contribution in [-0.4, -0.2) is 55.6 Å². The molecule has 4 rings (SSSR count). The van der Waals surface area contributed by atoms with Crippen LogP contribution in [0.5, 0.6) is 0 Å². The zero-order valence-corrected chi connectivity index (χ0v) is 17.6. The second kappa shape index (κ2) is 7.07. The van der Waals surface area contributed by atoms with Gasteiger partial charge in [0.05, 0.1) is 11.0 Å². The van der Waals surface area contributed by atoms with Crippen molar-refractivity contribution in [1.82, 2.24) is 4.57 Å². The molecule has 0 bridgehead atoms. The number of aromatic nitrogens is 1. The van der Waals surface area contributed by atoms with Gasteiger partial charge in [-0.15, -0.1) is 16.4 Å². The first-order valence-corrected chi connectivity index (χ1v) is 9.81. The predicted molar refractivity (Wildman–Crippen MR) is 141 cm³/mol. The molecule has 0 saturated carbocycles. The molecular weight excluding hydrogens is 350 g/mol. The molecule has 0 aliphatic carbocycles. The highest BCUT2D eigenvalue weighted by Gasteiger charge is 2.17. The van der Waals surface area contributed by atoms with Crippen molar-refractivity contribution in [3.63, 3.8) is 0 Å². The van der Waals surface area contributed by atoms with Gasteiger partial charge in [0.2, 0.25) is 5.96 Å². The topological polar surface area (TPSA) is 67.2 Å². The van der Waals surface area contributed by atoms with Crippen LogP contribution in [0.25, 0.3) is 21.8 Å². The van der Waals surface area contributed by atoms with Crippen LogP contribution < -0.4 is 33.0 Å². The highest BCUT2D eigenvalue weighted by molar-refractivity contribution is 6.68. The number of hydrogen-bond donors (Lipinski definition) is 2. The number of fused-ring (bicyclic) bond motifs is 3. The van der Waals surface area contributed by atoms with Crippen LogP contribution in [0.4, 0.5) is 0 Å². The van der Waals surface area contributed by atoms with Crippen LogP contribution in [-0.2, 0) is 0 Å². The molecule has 4 aromatic rings. The second-order valence-corrected chi connectivity index (χ2v) is 7.69. The van der Waals surface area contributed by atoms with E-state index in [1.165, 1.54) is 16.4 Å². The van der Waals surface area contributed by atoms with Crippen LogP contribution in [0.15, 0.2) is 53.5 Å². The second-order valence-electron chi connectivity index (χ2n) is 7.69. The SMILES string of the molecule is Bc1c(B)c(B)c(C(=N)/N=C(\N)n2c3ccccc3c3ccccc32)c(B)c1B. The van der Waals surface area contributed by atoms with Crippen LogP contribution in [0.3, 0.4) is 0 Å². The fraction of sp³-hybridized carbons (Fsp3) is 0. The number of nitrogens with zero attached hydrogens (tertiary/aromatic N) is 2. The van der Waals surface area contributed by atoms with Gasteiger partial charge in [0.15, 0.2) is 5.84 Å². The summed E-state index contributed by atoms with van der Waals surface area (Å²) in [7, 11) is 10.5. The molecule has 136 valence electrons. The predicted octanol–water partition coefficient (Wildman–Crippen LogP) is -4.73. The van der Waals surface area contributed by atoms with Gasteiger partial charge in [-0.05, 0) is 12.1 Å². The van der Waals surface area contributed by atoms with E-state index in [0.29, 0.717) is 5.96 Å². The minimum Gasteiger partial charge on any atom is -0.369 e. The van der Waals surface area contributed by atoms with Crippen LogP contribution in [0, 0.1) is 5.41 Å². The summed E-state index contributed by atoms with van der Waals surface area (Å²) in [6.07, 6.45) is 0. The lowest BCUT2D eigenvalue weighted by molar-refractivity contribution is 1.22. The summed E-state index contributed by atoms with van der Waals surface area (Å²) in [5.41, 5.74) is 15.2. The van der Waals surface area contributed by atoms with E-state index in [9.17, 15) is 0 Å². The van der Waals surface area contributed by atoms with Gasteiger partial charge in [0.25, 0.3) is 0 Å². The van der Waals surface area contributed by atoms with Gasteiger partial charge >= 0.3 is 0 Å². The summed E-state index contributed by atoms with van der Waals surface area (Å²) in [6.45, 7) is 0. The quantitative estimate of drug-likeness (QED) is 0.197. The van der Waals surface area contributed by atoms with Gasteiger partial charge in [-0.3, -0.25) is 9.98 Å². The monoisotopic (exact) mass is 372 g/mol. The van der Waals surface area contributed by atoms with E-state index in [2.05, 4.69) is 56.4 Å². The first kappa shape index (κ1) is 19.3. The number of nitrogens with two attached hydrogens (primary N) is 1. The minimum absolute atomic E-state index is 0.200. The number of amidine groups is 1. The molecule has 1 heterocycles. The fourth-order valence-electron chi connectivity index (χ4n) is 4.25. The molecule has 0 atom stereocenters. The molecule has 3 N–H and O–H groups in total. The van der Waals surface area contributed by atoms with Crippen molar-refractivity contribution in [2.75, 3.05) is 0 Å². The van der Waals surface area contributed by atoms with E-state index in [4.69, 9.17) is 11.1 Å². The molecule has 29 heavy (non-hydrogen) atoms. The molecule has 0 saturated heterocycles. The van der Waals surface area contributed by atoms with E-state index in [-0.39, 0.29) is 5.84 Å². The smallest absolute Gasteiger partial charge is 0.207 e. The first-order chi connectivity index (χ1) is 13.8. The minimum atomic E-state index is 0.200. The fourth-order valence-corrected chi connectivity index (χ4v) is 4.25. The van der Waals surface area contributed by atoms with Crippen molar-refractivity contribution in [3.8, 4) is 0 Å². The van der Waals surface area contributed by atoms with E-state index in [1.807, 2.05) is 41.0 Å². The Morgan fingerprint density at radius 2 is 1.14 bits per heavy atom. The first-order valence-electron chi connectivity index (χ1n) is 9.81. The molecule has 3 aromatic carbocycles. The Morgan fingerprint density at radius 1 is 0.724 bits per heavy atom. The molecule has 0 spiro atoms. The molecule has 4 nitrogen and oxygen atoms in total. The van der Waals surface area contributed by atoms with Crippen LogP contribution in [0.2, 0.25) is 0 Å². The van der Waals surface area contributed by atoms with E-state index in [0.717, 1.165) is 38.3 Å². The molecule has 0 radical (unpaired) electrons. The zero-order valence-electron chi connectivity index (χ0n) is 17.6.